The highest BCUT2D eigenvalue weighted by Gasteiger charge is 2.27. The average molecular weight is 235 g/mol. The molecular formula is C15H22FN. The van der Waals surface area contributed by atoms with Crippen molar-refractivity contribution >= 4 is 0 Å². The number of benzene rings is 1. The van der Waals surface area contributed by atoms with Crippen molar-refractivity contribution in [2.24, 2.45) is 5.92 Å². The zero-order valence-electron chi connectivity index (χ0n) is 10.7. The van der Waals surface area contributed by atoms with Crippen LogP contribution in [0.25, 0.3) is 0 Å². The van der Waals surface area contributed by atoms with Crippen molar-refractivity contribution in [1.82, 2.24) is 5.32 Å². The number of hydrogen-bond acceptors (Lipinski definition) is 1. The molecule has 17 heavy (non-hydrogen) atoms. The third-order valence-electron chi connectivity index (χ3n) is 4.02. The van der Waals surface area contributed by atoms with Crippen molar-refractivity contribution in [3.05, 3.63) is 35.6 Å². The second kappa shape index (κ2) is 5.63. The van der Waals surface area contributed by atoms with Crippen LogP contribution in [0.3, 0.4) is 0 Å². The maximum absolute atomic E-state index is 13.7. The maximum Gasteiger partial charge on any atom is 0.127 e. The minimum absolute atomic E-state index is 0.0986. The Labute approximate surface area is 103 Å². The Kier molecular flexibility index (Phi) is 4.16. The lowest BCUT2D eigenvalue weighted by atomic mass is 9.98. The monoisotopic (exact) mass is 235 g/mol. The molecule has 0 radical (unpaired) electrons. The van der Waals surface area contributed by atoms with E-state index in [1.165, 1.54) is 25.7 Å². The molecule has 1 saturated carbocycles. The SMILES string of the molecule is CCC1CCCC1N[C@H](C)c1ccccc1F. The van der Waals surface area contributed by atoms with Crippen LogP contribution in [-0.4, -0.2) is 6.04 Å². The van der Waals surface area contributed by atoms with Crippen molar-refractivity contribution < 1.29 is 4.39 Å². The van der Waals surface area contributed by atoms with Crippen LogP contribution in [0.5, 0.6) is 0 Å². The molecule has 0 amide bonds. The molecule has 94 valence electrons. The molecule has 1 aliphatic rings. The number of halogens is 1. The Balaban J connectivity index is 2.01. The molecule has 1 aromatic rings. The summed E-state index contributed by atoms with van der Waals surface area (Å²) < 4.78 is 13.7. The van der Waals surface area contributed by atoms with Gasteiger partial charge in [0.05, 0.1) is 0 Å². The number of nitrogens with one attached hydrogen (secondary N) is 1. The van der Waals surface area contributed by atoms with E-state index >= 15 is 0 Å². The van der Waals surface area contributed by atoms with Gasteiger partial charge < -0.3 is 5.32 Å². The Morgan fingerprint density at radius 3 is 2.82 bits per heavy atom. The maximum atomic E-state index is 13.7. The summed E-state index contributed by atoms with van der Waals surface area (Å²) in [5.41, 5.74) is 0.786. The van der Waals surface area contributed by atoms with E-state index in [9.17, 15) is 4.39 Å². The van der Waals surface area contributed by atoms with Gasteiger partial charge in [-0.05, 0) is 31.7 Å². The quantitative estimate of drug-likeness (QED) is 0.830. The molecule has 0 spiro atoms. The van der Waals surface area contributed by atoms with Crippen molar-refractivity contribution in [1.29, 1.82) is 0 Å². The summed E-state index contributed by atoms with van der Waals surface area (Å²) in [6.07, 6.45) is 5.08. The summed E-state index contributed by atoms with van der Waals surface area (Å²) in [7, 11) is 0. The molecule has 1 aromatic carbocycles. The van der Waals surface area contributed by atoms with E-state index < -0.39 is 0 Å². The largest absolute Gasteiger partial charge is 0.307 e. The van der Waals surface area contributed by atoms with Crippen LogP contribution < -0.4 is 5.32 Å². The highest BCUT2D eigenvalue weighted by Crippen LogP contribution is 2.30. The van der Waals surface area contributed by atoms with Gasteiger partial charge in [-0.15, -0.1) is 0 Å². The molecule has 2 unspecified atom stereocenters. The Hall–Kier alpha value is -0.890. The molecule has 1 N–H and O–H groups in total. The summed E-state index contributed by atoms with van der Waals surface area (Å²) in [4.78, 5) is 0. The molecule has 0 saturated heterocycles. The number of rotatable bonds is 4. The molecular weight excluding hydrogens is 213 g/mol. The topological polar surface area (TPSA) is 12.0 Å². The van der Waals surface area contributed by atoms with Crippen molar-refractivity contribution in [2.45, 2.75) is 51.6 Å². The van der Waals surface area contributed by atoms with Gasteiger partial charge in [-0.2, -0.15) is 0 Å². The minimum atomic E-state index is -0.0986. The second-order valence-electron chi connectivity index (χ2n) is 5.12. The first-order chi connectivity index (χ1) is 8.22. The zero-order valence-corrected chi connectivity index (χ0v) is 10.7. The molecule has 2 heteroatoms. The highest BCUT2D eigenvalue weighted by molar-refractivity contribution is 5.20. The summed E-state index contributed by atoms with van der Waals surface area (Å²) in [6.45, 7) is 4.31. The van der Waals surface area contributed by atoms with Gasteiger partial charge in [0.2, 0.25) is 0 Å². The molecule has 1 aliphatic carbocycles. The predicted octanol–water partition coefficient (Wildman–Crippen LogP) is 4.06. The van der Waals surface area contributed by atoms with Crippen molar-refractivity contribution in [3.63, 3.8) is 0 Å². The first kappa shape index (κ1) is 12.6. The highest BCUT2D eigenvalue weighted by atomic mass is 19.1. The average Bonchev–Trinajstić information content (AvgIpc) is 2.76. The van der Waals surface area contributed by atoms with Gasteiger partial charge in [-0.1, -0.05) is 38.0 Å². The molecule has 1 fully saturated rings. The van der Waals surface area contributed by atoms with Crippen LogP contribution in [0.1, 0.15) is 51.1 Å². The first-order valence-corrected chi connectivity index (χ1v) is 6.72. The number of hydrogen-bond donors (Lipinski definition) is 1. The lowest BCUT2D eigenvalue weighted by molar-refractivity contribution is 0.356. The Bertz CT molecular complexity index is 364. The van der Waals surface area contributed by atoms with Crippen LogP contribution in [0.4, 0.5) is 4.39 Å². The summed E-state index contributed by atoms with van der Waals surface area (Å²) in [5, 5.41) is 3.60. The fraction of sp³-hybridized carbons (Fsp3) is 0.600. The predicted molar refractivity (Wildman–Crippen MR) is 69.4 cm³/mol. The fourth-order valence-electron chi connectivity index (χ4n) is 2.98. The molecule has 3 atom stereocenters. The van der Waals surface area contributed by atoms with Crippen LogP contribution in [0.2, 0.25) is 0 Å². The third kappa shape index (κ3) is 2.86. The van der Waals surface area contributed by atoms with Crippen LogP contribution in [0.15, 0.2) is 24.3 Å². The Morgan fingerprint density at radius 1 is 1.35 bits per heavy atom. The van der Waals surface area contributed by atoms with E-state index in [2.05, 4.69) is 19.2 Å². The molecule has 0 aliphatic heterocycles. The van der Waals surface area contributed by atoms with E-state index in [1.807, 2.05) is 12.1 Å². The van der Waals surface area contributed by atoms with E-state index in [1.54, 1.807) is 12.1 Å². The van der Waals surface area contributed by atoms with Gasteiger partial charge in [0.25, 0.3) is 0 Å². The summed E-state index contributed by atoms with van der Waals surface area (Å²) >= 11 is 0. The normalized spacial score (nSPS) is 26.1. The van der Waals surface area contributed by atoms with E-state index in [4.69, 9.17) is 0 Å². The molecule has 0 heterocycles. The van der Waals surface area contributed by atoms with Crippen LogP contribution >= 0.6 is 0 Å². The first-order valence-electron chi connectivity index (χ1n) is 6.72. The third-order valence-corrected chi connectivity index (χ3v) is 4.02. The van der Waals surface area contributed by atoms with Crippen LogP contribution in [0, 0.1) is 11.7 Å². The van der Waals surface area contributed by atoms with Gasteiger partial charge in [0, 0.05) is 17.6 Å². The minimum Gasteiger partial charge on any atom is -0.307 e. The molecule has 1 nitrogen and oxygen atoms in total. The zero-order chi connectivity index (χ0) is 12.3. The van der Waals surface area contributed by atoms with Crippen LogP contribution in [-0.2, 0) is 0 Å². The van der Waals surface area contributed by atoms with Gasteiger partial charge in [-0.3, -0.25) is 0 Å². The van der Waals surface area contributed by atoms with Crippen molar-refractivity contribution in [2.75, 3.05) is 0 Å². The van der Waals surface area contributed by atoms with Gasteiger partial charge in [-0.25, -0.2) is 4.39 Å². The van der Waals surface area contributed by atoms with E-state index in [0.29, 0.717) is 6.04 Å². The second-order valence-corrected chi connectivity index (χ2v) is 5.12. The summed E-state index contributed by atoms with van der Waals surface area (Å²) in [5.74, 6) is 0.669. The Morgan fingerprint density at radius 2 is 2.12 bits per heavy atom. The van der Waals surface area contributed by atoms with Gasteiger partial charge in [0.1, 0.15) is 5.82 Å². The molecule has 0 bridgehead atoms. The summed E-state index contributed by atoms with van der Waals surface area (Å²) in [6, 6.07) is 7.74. The standard InChI is InChI=1S/C15H22FN/c1-3-12-7-6-10-15(12)17-11(2)13-8-4-5-9-14(13)16/h4-5,8-9,11-12,15,17H,3,6-7,10H2,1-2H3/t11-,12?,15?/m1/s1. The van der Waals surface area contributed by atoms with Gasteiger partial charge in [0.15, 0.2) is 0 Å². The molecule has 2 rings (SSSR count). The lowest BCUT2D eigenvalue weighted by Gasteiger charge is -2.24. The van der Waals surface area contributed by atoms with Crippen molar-refractivity contribution in [3.8, 4) is 0 Å². The fourth-order valence-corrected chi connectivity index (χ4v) is 2.98. The van der Waals surface area contributed by atoms with Gasteiger partial charge >= 0.3 is 0 Å². The lowest BCUT2D eigenvalue weighted by Crippen LogP contribution is -2.34. The smallest absolute Gasteiger partial charge is 0.127 e. The van der Waals surface area contributed by atoms with E-state index in [-0.39, 0.29) is 11.9 Å². The molecule has 0 aromatic heterocycles. The van der Waals surface area contributed by atoms with E-state index in [0.717, 1.165) is 11.5 Å².